The molecule has 0 N–H and O–H groups in total. The van der Waals surface area contributed by atoms with E-state index in [1.54, 1.807) is 0 Å². The molecule has 0 spiro atoms. The van der Waals surface area contributed by atoms with Crippen molar-refractivity contribution in [1.29, 1.82) is 0 Å². The SMILES string of the molecule is c1ccc(-c2c(-c3ccccc3)c3cc(-c4cccc(N(c5ccccc5-c5cccc6oc7c8ccccc8ccc7c56)c5cccc6ccccc56)c4)ccc3c3ccccc23)cc1. The molecule has 12 aromatic carbocycles. The molecule has 0 saturated carbocycles. The van der Waals surface area contributed by atoms with E-state index in [0.29, 0.717) is 0 Å². The summed E-state index contributed by atoms with van der Waals surface area (Å²) in [5.74, 6) is 0. The number of anilines is 3. The van der Waals surface area contributed by atoms with Crippen LogP contribution in [0.1, 0.15) is 0 Å². The third-order valence-corrected chi connectivity index (χ3v) is 13.4. The lowest BCUT2D eigenvalue weighted by atomic mass is 9.84. The normalized spacial score (nSPS) is 11.6. The van der Waals surface area contributed by atoms with Crippen LogP contribution in [0.25, 0.3) is 110 Å². The number of para-hydroxylation sites is 1. The minimum atomic E-state index is 0.877. The molecule has 0 unspecified atom stereocenters. The van der Waals surface area contributed by atoms with E-state index in [-0.39, 0.29) is 0 Å². The Morgan fingerprint density at radius 1 is 0.288 bits per heavy atom. The van der Waals surface area contributed by atoms with Crippen LogP contribution in [0.2, 0.25) is 0 Å². The van der Waals surface area contributed by atoms with E-state index in [1.165, 1.54) is 60.0 Å². The first-order valence-corrected chi connectivity index (χ1v) is 22.7. The van der Waals surface area contributed by atoms with Gasteiger partial charge in [-0.25, -0.2) is 0 Å². The van der Waals surface area contributed by atoms with Gasteiger partial charge in [-0.05, 0) is 114 Å². The molecule has 13 aromatic rings. The van der Waals surface area contributed by atoms with Crippen molar-refractivity contribution in [2.75, 3.05) is 4.90 Å². The Bertz CT molecular complexity index is 3990. The van der Waals surface area contributed by atoms with Gasteiger partial charge in [0.1, 0.15) is 11.2 Å². The highest BCUT2D eigenvalue weighted by atomic mass is 16.3. The number of nitrogens with zero attached hydrogens (tertiary/aromatic N) is 1. The number of fused-ring (bicyclic) bond motifs is 9. The molecule has 0 aliphatic rings. The minimum absolute atomic E-state index is 0.877. The molecule has 0 aliphatic heterocycles. The van der Waals surface area contributed by atoms with Gasteiger partial charge in [0.15, 0.2) is 0 Å². The van der Waals surface area contributed by atoms with E-state index in [0.717, 1.165) is 66.6 Å². The highest BCUT2D eigenvalue weighted by Crippen LogP contribution is 2.49. The molecule has 13 rings (SSSR count). The quantitative estimate of drug-likeness (QED) is 0.149. The first kappa shape index (κ1) is 37.8. The van der Waals surface area contributed by atoms with Gasteiger partial charge in [0.2, 0.25) is 0 Å². The van der Waals surface area contributed by atoms with Crippen LogP contribution >= 0.6 is 0 Å². The van der Waals surface area contributed by atoms with Gasteiger partial charge < -0.3 is 9.32 Å². The molecule has 1 heterocycles. The lowest BCUT2D eigenvalue weighted by Gasteiger charge is -2.29. The molecule has 0 radical (unpaired) electrons. The average molecular weight is 840 g/mol. The predicted molar refractivity (Wildman–Crippen MR) is 280 cm³/mol. The van der Waals surface area contributed by atoms with E-state index in [1.807, 2.05) is 0 Å². The van der Waals surface area contributed by atoms with Gasteiger partial charge in [-0.3, -0.25) is 0 Å². The van der Waals surface area contributed by atoms with Gasteiger partial charge in [0.25, 0.3) is 0 Å². The van der Waals surface area contributed by atoms with Crippen molar-refractivity contribution in [2.45, 2.75) is 0 Å². The number of rotatable bonds is 7. The minimum Gasteiger partial charge on any atom is -0.455 e. The highest BCUT2D eigenvalue weighted by Gasteiger charge is 2.23. The lowest BCUT2D eigenvalue weighted by molar-refractivity contribution is 0.673. The van der Waals surface area contributed by atoms with E-state index < -0.39 is 0 Å². The van der Waals surface area contributed by atoms with Crippen LogP contribution in [0.3, 0.4) is 0 Å². The van der Waals surface area contributed by atoms with Gasteiger partial charge in [0.05, 0.1) is 11.4 Å². The van der Waals surface area contributed by atoms with Crippen LogP contribution in [0.4, 0.5) is 17.1 Å². The smallest absolute Gasteiger partial charge is 0.143 e. The summed E-state index contributed by atoms with van der Waals surface area (Å²) in [6.07, 6.45) is 0. The summed E-state index contributed by atoms with van der Waals surface area (Å²) in [4.78, 5) is 2.45. The second-order valence-corrected chi connectivity index (χ2v) is 17.1. The number of hydrogen-bond acceptors (Lipinski definition) is 2. The molecule has 0 fully saturated rings. The Morgan fingerprint density at radius 3 is 1.62 bits per heavy atom. The molecule has 308 valence electrons. The van der Waals surface area contributed by atoms with Crippen LogP contribution in [0, 0.1) is 0 Å². The van der Waals surface area contributed by atoms with Crippen LogP contribution in [0.5, 0.6) is 0 Å². The molecular formula is C64H41NO. The van der Waals surface area contributed by atoms with Crippen molar-refractivity contribution in [3.8, 4) is 44.5 Å². The second-order valence-electron chi connectivity index (χ2n) is 17.1. The third kappa shape index (κ3) is 6.11. The van der Waals surface area contributed by atoms with E-state index in [2.05, 4.69) is 254 Å². The molecule has 0 atom stereocenters. The Hall–Kier alpha value is -8.72. The van der Waals surface area contributed by atoms with Crippen molar-refractivity contribution >= 4 is 82.1 Å². The van der Waals surface area contributed by atoms with Crippen LogP contribution in [-0.2, 0) is 0 Å². The molecule has 0 aliphatic carbocycles. The van der Waals surface area contributed by atoms with Crippen molar-refractivity contribution in [3.63, 3.8) is 0 Å². The fourth-order valence-electron chi connectivity index (χ4n) is 10.5. The first-order valence-electron chi connectivity index (χ1n) is 22.7. The lowest BCUT2D eigenvalue weighted by Crippen LogP contribution is -2.12. The van der Waals surface area contributed by atoms with Gasteiger partial charge in [-0.15, -0.1) is 0 Å². The fourth-order valence-corrected chi connectivity index (χ4v) is 10.5. The zero-order valence-corrected chi connectivity index (χ0v) is 36.0. The molecule has 1 aromatic heterocycles. The summed E-state index contributed by atoms with van der Waals surface area (Å²) >= 11 is 0. The first-order chi connectivity index (χ1) is 32.8. The molecule has 0 bridgehead atoms. The van der Waals surface area contributed by atoms with Crippen molar-refractivity contribution in [1.82, 2.24) is 0 Å². The van der Waals surface area contributed by atoms with Crippen molar-refractivity contribution < 1.29 is 4.42 Å². The van der Waals surface area contributed by atoms with E-state index >= 15 is 0 Å². The van der Waals surface area contributed by atoms with Gasteiger partial charge in [0, 0.05) is 32.8 Å². The van der Waals surface area contributed by atoms with Gasteiger partial charge >= 0.3 is 0 Å². The third-order valence-electron chi connectivity index (χ3n) is 13.4. The molecule has 2 nitrogen and oxygen atoms in total. The maximum absolute atomic E-state index is 6.73. The van der Waals surface area contributed by atoms with Crippen molar-refractivity contribution in [3.05, 3.63) is 249 Å². The molecule has 66 heavy (non-hydrogen) atoms. The monoisotopic (exact) mass is 839 g/mol. The summed E-state index contributed by atoms with van der Waals surface area (Å²) in [6.45, 7) is 0. The number of furan rings is 1. The van der Waals surface area contributed by atoms with Crippen molar-refractivity contribution in [2.24, 2.45) is 0 Å². The Labute approximate surface area is 382 Å². The Kier molecular flexibility index (Phi) is 8.89. The fraction of sp³-hybridized carbons (Fsp3) is 0. The summed E-state index contributed by atoms with van der Waals surface area (Å²) in [5.41, 5.74) is 14.5. The Balaban J connectivity index is 1.04. The maximum Gasteiger partial charge on any atom is 0.143 e. The standard InChI is InChI=1S/C64H41NO/c1-3-20-44(21-4-1)61-54-31-12-11-29-51(54)52-38-37-47(41-57(52)62(61)45-22-5-2-6-23-45)46-25-15-26-48(40-46)65(58-34-16-24-42-18-7-9-27-49(42)58)59-33-14-13-30-53(59)55-32-17-35-60-63(55)56-39-36-43-19-8-10-28-50(43)64(56)66-60/h1-41H. The number of hydrogen-bond donors (Lipinski definition) is 0. The maximum atomic E-state index is 6.73. The van der Waals surface area contributed by atoms with E-state index in [9.17, 15) is 0 Å². The summed E-state index contributed by atoms with van der Waals surface area (Å²) < 4.78 is 6.73. The zero-order chi connectivity index (χ0) is 43.6. The molecule has 2 heteroatoms. The Morgan fingerprint density at radius 2 is 0.818 bits per heavy atom. The summed E-state index contributed by atoms with van der Waals surface area (Å²) in [7, 11) is 0. The van der Waals surface area contributed by atoms with Gasteiger partial charge in [-0.2, -0.15) is 0 Å². The van der Waals surface area contributed by atoms with Crippen LogP contribution < -0.4 is 4.90 Å². The average Bonchev–Trinajstić information content (AvgIpc) is 3.79. The summed E-state index contributed by atoms with van der Waals surface area (Å²) in [5, 5.41) is 11.8. The summed E-state index contributed by atoms with van der Waals surface area (Å²) in [6, 6.07) is 90.3. The largest absolute Gasteiger partial charge is 0.455 e. The molecule has 0 amide bonds. The van der Waals surface area contributed by atoms with Crippen LogP contribution in [-0.4, -0.2) is 0 Å². The predicted octanol–water partition coefficient (Wildman–Crippen LogP) is 18.3. The molecular weight excluding hydrogens is 799 g/mol. The van der Waals surface area contributed by atoms with Crippen LogP contribution in [0.15, 0.2) is 253 Å². The zero-order valence-electron chi connectivity index (χ0n) is 36.0. The van der Waals surface area contributed by atoms with E-state index in [4.69, 9.17) is 4.42 Å². The number of benzene rings is 12. The second kappa shape index (κ2) is 15.5. The van der Waals surface area contributed by atoms with Gasteiger partial charge in [-0.1, -0.05) is 206 Å². The topological polar surface area (TPSA) is 16.4 Å². The highest BCUT2D eigenvalue weighted by molar-refractivity contribution is 6.23. The molecule has 0 saturated heterocycles.